The molecule has 0 aromatic heterocycles. The van der Waals surface area contributed by atoms with E-state index in [-0.39, 0.29) is 5.82 Å². The molecule has 0 aliphatic carbocycles. The summed E-state index contributed by atoms with van der Waals surface area (Å²) in [6.07, 6.45) is 1.67. The van der Waals surface area contributed by atoms with Gasteiger partial charge in [0.2, 0.25) is 0 Å². The molecule has 0 saturated carbocycles. The molecule has 1 N–H and O–H groups in total. The van der Waals surface area contributed by atoms with E-state index < -0.39 is 6.10 Å². The number of rotatable bonds is 4. The molecule has 1 unspecified atom stereocenters. The van der Waals surface area contributed by atoms with Crippen molar-refractivity contribution in [3.8, 4) is 5.75 Å². The fraction of sp³-hybridized carbons (Fsp3) is 0.333. The van der Waals surface area contributed by atoms with E-state index in [0.717, 1.165) is 30.8 Å². The van der Waals surface area contributed by atoms with E-state index in [1.807, 2.05) is 25.1 Å². The van der Waals surface area contributed by atoms with Gasteiger partial charge in [0, 0.05) is 6.42 Å². The Labute approximate surface area is 124 Å². The quantitative estimate of drug-likeness (QED) is 0.928. The summed E-state index contributed by atoms with van der Waals surface area (Å²) in [5, 5.41) is 10.2. The Morgan fingerprint density at radius 1 is 1.24 bits per heavy atom. The molecule has 21 heavy (non-hydrogen) atoms. The van der Waals surface area contributed by atoms with E-state index in [0.29, 0.717) is 12.0 Å². The lowest BCUT2D eigenvalue weighted by molar-refractivity contribution is 0.167. The number of hydrogen-bond donors (Lipinski definition) is 1. The number of fused-ring (bicyclic) bond motifs is 1. The third-order valence-electron chi connectivity index (χ3n) is 3.91. The summed E-state index contributed by atoms with van der Waals surface area (Å²) >= 11 is 0. The lowest BCUT2D eigenvalue weighted by atomic mass is 9.98. The Balaban J connectivity index is 1.66. The third kappa shape index (κ3) is 3.24. The van der Waals surface area contributed by atoms with E-state index >= 15 is 0 Å². The highest BCUT2D eigenvalue weighted by molar-refractivity contribution is 5.40. The van der Waals surface area contributed by atoms with E-state index in [9.17, 15) is 9.50 Å². The number of hydrogen-bond acceptors (Lipinski definition) is 2. The summed E-state index contributed by atoms with van der Waals surface area (Å²) in [6, 6.07) is 10.9. The SMILES string of the molecule is Cc1cc(F)cc(C(O)CCc2ccc3c(c2)CCO3)c1. The Bertz CT molecular complexity index is 631. The highest BCUT2D eigenvalue weighted by Gasteiger charge is 2.14. The van der Waals surface area contributed by atoms with Gasteiger partial charge in [-0.25, -0.2) is 4.39 Å². The monoisotopic (exact) mass is 286 g/mol. The minimum absolute atomic E-state index is 0.293. The van der Waals surface area contributed by atoms with E-state index in [2.05, 4.69) is 6.07 Å². The maximum absolute atomic E-state index is 13.4. The molecule has 3 heteroatoms. The second kappa shape index (κ2) is 5.86. The first kappa shape index (κ1) is 14.1. The molecular weight excluding hydrogens is 267 g/mol. The van der Waals surface area contributed by atoms with Crippen molar-refractivity contribution in [2.45, 2.75) is 32.3 Å². The molecule has 0 saturated heterocycles. The number of aliphatic hydroxyl groups is 1. The molecule has 2 aromatic carbocycles. The van der Waals surface area contributed by atoms with Crippen molar-refractivity contribution in [1.82, 2.24) is 0 Å². The molecule has 0 fully saturated rings. The molecule has 0 radical (unpaired) electrons. The van der Waals surface area contributed by atoms with Crippen LogP contribution in [0.1, 0.15) is 34.8 Å². The van der Waals surface area contributed by atoms with Crippen LogP contribution in [0.3, 0.4) is 0 Å². The van der Waals surface area contributed by atoms with Gasteiger partial charge in [0.1, 0.15) is 11.6 Å². The van der Waals surface area contributed by atoms with Gasteiger partial charge >= 0.3 is 0 Å². The predicted octanol–water partition coefficient (Wildman–Crippen LogP) is 3.74. The Hall–Kier alpha value is -1.87. The first-order chi connectivity index (χ1) is 10.1. The summed E-state index contributed by atoms with van der Waals surface area (Å²) < 4.78 is 18.9. The molecule has 1 atom stereocenters. The van der Waals surface area contributed by atoms with Gasteiger partial charge in [-0.15, -0.1) is 0 Å². The van der Waals surface area contributed by atoms with Gasteiger partial charge in [0.25, 0.3) is 0 Å². The lowest BCUT2D eigenvalue weighted by Crippen LogP contribution is -2.01. The molecule has 110 valence electrons. The van der Waals surface area contributed by atoms with Crippen LogP contribution < -0.4 is 4.74 Å². The highest BCUT2D eigenvalue weighted by atomic mass is 19.1. The van der Waals surface area contributed by atoms with E-state index in [4.69, 9.17) is 4.74 Å². The minimum atomic E-state index is -0.635. The summed E-state index contributed by atoms with van der Waals surface area (Å²) in [7, 11) is 0. The number of benzene rings is 2. The van der Waals surface area contributed by atoms with Gasteiger partial charge in [0.15, 0.2) is 0 Å². The molecular formula is C18H19FO2. The van der Waals surface area contributed by atoms with Crippen molar-refractivity contribution in [3.63, 3.8) is 0 Å². The molecule has 2 nitrogen and oxygen atoms in total. The predicted molar refractivity (Wildman–Crippen MR) is 80.1 cm³/mol. The van der Waals surface area contributed by atoms with Crippen LogP contribution in [0, 0.1) is 12.7 Å². The molecule has 1 aliphatic heterocycles. The minimum Gasteiger partial charge on any atom is -0.493 e. The number of aryl methyl sites for hydroxylation is 2. The second-order valence-electron chi connectivity index (χ2n) is 5.66. The summed E-state index contributed by atoms with van der Waals surface area (Å²) in [5.41, 5.74) is 3.91. The van der Waals surface area contributed by atoms with Crippen molar-refractivity contribution in [2.24, 2.45) is 0 Å². The second-order valence-corrected chi connectivity index (χ2v) is 5.66. The van der Waals surface area contributed by atoms with Crippen LogP contribution in [0.15, 0.2) is 36.4 Å². The average Bonchev–Trinajstić information content (AvgIpc) is 2.91. The summed E-state index contributed by atoms with van der Waals surface area (Å²) in [5.74, 6) is 0.679. The highest BCUT2D eigenvalue weighted by Crippen LogP contribution is 2.27. The molecule has 2 aromatic rings. The number of halogens is 1. The zero-order valence-corrected chi connectivity index (χ0v) is 12.1. The zero-order chi connectivity index (χ0) is 14.8. The maximum atomic E-state index is 13.4. The first-order valence-electron chi connectivity index (χ1n) is 7.31. The van der Waals surface area contributed by atoms with Gasteiger partial charge in [-0.3, -0.25) is 0 Å². The lowest BCUT2D eigenvalue weighted by Gasteiger charge is -2.12. The Morgan fingerprint density at radius 2 is 2.10 bits per heavy atom. The van der Waals surface area contributed by atoms with Gasteiger partial charge in [0.05, 0.1) is 12.7 Å². The molecule has 3 rings (SSSR count). The standard InChI is InChI=1S/C18H19FO2/c1-12-8-15(11-16(19)9-12)17(20)4-2-13-3-5-18-14(10-13)6-7-21-18/h3,5,8-11,17,20H,2,4,6-7H2,1H3. The molecule has 0 amide bonds. The largest absolute Gasteiger partial charge is 0.493 e. The van der Waals surface area contributed by atoms with Crippen LogP contribution in [0.2, 0.25) is 0 Å². The van der Waals surface area contributed by atoms with Crippen LogP contribution in [0.25, 0.3) is 0 Å². The van der Waals surface area contributed by atoms with Crippen molar-refractivity contribution in [1.29, 1.82) is 0 Å². The van der Waals surface area contributed by atoms with Crippen LogP contribution in [0.4, 0.5) is 4.39 Å². The van der Waals surface area contributed by atoms with Gasteiger partial charge in [-0.05, 0) is 60.2 Å². The van der Waals surface area contributed by atoms with Crippen molar-refractivity contribution in [3.05, 3.63) is 64.5 Å². The van der Waals surface area contributed by atoms with Crippen molar-refractivity contribution < 1.29 is 14.2 Å². The van der Waals surface area contributed by atoms with Crippen LogP contribution in [0.5, 0.6) is 5.75 Å². The first-order valence-corrected chi connectivity index (χ1v) is 7.31. The van der Waals surface area contributed by atoms with Gasteiger partial charge in [-0.1, -0.05) is 18.2 Å². The number of ether oxygens (including phenoxy) is 1. The zero-order valence-electron chi connectivity index (χ0n) is 12.1. The summed E-state index contributed by atoms with van der Waals surface area (Å²) in [4.78, 5) is 0. The normalized spacial score (nSPS) is 14.6. The maximum Gasteiger partial charge on any atom is 0.123 e. The third-order valence-corrected chi connectivity index (χ3v) is 3.91. The van der Waals surface area contributed by atoms with Crippen LogP contribution in [-0.2, 0) is 12.8 Å². The average molecular weight is 286 g/mol. The smallest absolute Gasteiger partial charge is 0.123 e. The molecule has 0 spiro atoms. The van der Waals surface area contributed by atoms with E-state index in [1.54, 1.807) is 0 Å². The van der Waals surface area contributed by atoms with Gasteiger partial charge < -0.3 is 9.84 Å². The number of aliphatic hydroxyl groups excluding tert-OH is 1. The Morgan fingerprint density at radius 3 is 2.90 bits per heavy atom. The van der Waals surface area contributed by atoms with Crippen molar-refractivity contribution in [2.75, 3.05) is 6.61 Å². The molecule has 1 heterocycles. The molecule has 0 bridgehead atoms. The van der Waals surface area contributed by atoms with Gasteiger partial charge in [-0.2, -0.15) is 0 Å². The molecule has 1 aliphatic rings. The van der Waals surface area contributed by atoms with Crippen LogP contribution >= 0.6 is 0 Å². The fourth-order valence-electron chi connectivity index (χ4n) is 2.82. The van der Waals surface area contributed by atoms with Crippen molar-refractivity contribution >= 4 is 0 Å². The fourth-order valence-corrected chi connectivity index (χ4v) is 2.82. The summed E-state index contributed by atoms with van der Waals surface area (Å²) in [6.45, 7) is 2.59. The topological polar surface area (TPSA) is 29.5 Å². The van der Waals surface area contributed by atoms with E-state index in [1.165, 1.54) is 23.3 Å². The Kier molecular flexibility index (Phi) is 3.93. The van der Waals surface area contributed by atoms with Crippen LogP contribution in [-0.4, -0.2) is 11.7 Å².